The highest BCUT2D eigenvalue weighted by Crippen LogP contribution is 2.33. The van der Waals surface area contributed by atoms with Gasteiger partial charge in [-0.05, 0) is 19.0 Å². The number of benzene rings is 1. The predicted molar refractivity (Wildman–Crippen MR) is 60.0 cm³/mol. The first-order chi connectivity index (χ1) is 8.58. The van der Waals surface area contributed by atoms with E-state index in [0.29, 0.717) is 6.54 Å². The van der Waals surface area contributed by atoms with Crippen LogP contribution in [0.15, 0.2) is 18.2 Å². The highest BCUT2D eigenvalue weighted by molar-refractivity contribution is 5.44. The zero-order chi connectivity index (χ0) is 13.1. The molecule has 1 saturated heterocycles. The monoisotopic (exact) mass is 258 g/mol. The summed E-state index contributed by atoms with van der Waals surface area (Å²) in [6, 6.07) is 3.27. The first-order valence-corrected chi connectivity index (χ1v) is 5.52. The fraction of sp³-hybridized carbons (Fsp3) is 0.455. The maximum Gasteiger partial charge on any atom is 0.270 e. The summed E-state index contributed by atoms with van der Waals surface area (Å²) in [5, 5.41) is 13.6. The van der Waals surface area contributed by atoms with Crippen LogP contribution in [0.3, 0.4) is 0 Å². The molecule has 1 aromatic rings. The van der Waals surface area contributed by atoms with Crippen LogP contribution in [0.25, 0.3) is 0 Å². The Kier molecular flexibility index (Phi) is 3.71. The molecule has 5 nitrogen and oxygen atoms in total. The normalized spacial score (nSPS) is 19.2. The van der Waals surface area contributed by atoms with Crippen LogP contribution in [0.5, 0.6) is 5.75 Å². The van der Waals surface area contributed by atoms with Crippen molar-refractivity contribution in [1.29, 1.82) is 0 Å². The van der Waals surface area contributed by atoms with Gasteiger partial charge < -0.3 is 10.1 Å². The van der Waals surface area contributed by atoms with E-state index in [9.17, 15) is 18.9 Å². The van der Waals surface area contributed by atoms with Crippen LogP contribution in [0.1, 0.15) is 18.4 Å². The molecule has 0 bridgehead atoms. The van der Waals surface area contributed by atoms with Crippen LogP contribution in [0, 0.1) is 10.1 Å². The number of nitro groups is 1. The minimum Gasteiger partial charge on any atom is -0.489 e. The lowest BCUT2D eigenvalue weighted by molar-refractivity contribution is -0.385. The van der Waals surface area contributed by atoms with E-state index in [1.807, 2.05) is 0 Å². The Balaban J connectivity index is 2.25. The fourth-order valence-corrected chi connectivity index (χ4v) is 1.84. The number of hydrogen-bond donors (Lipinski definition) is 1. The summed E-state index contributed by atoms with van der Waals surface area (Å²) >= 11 is 0. The molecular formula is C11H12F2N2O3. The largest absolute Gasteiger partial charge is 0.489 e. The van der Waals surface area contributed by atoms with E-state index < -0.39 is 16.9 Å². The molecule has 0 amide bonds. The maximum atomic E-state index is 12.8. The third kappa shape index (κ3) is 2.73. The lowest BCUT2D eigenvalue weighted by Gasteiger charge is -2.15. The van der Waals surface area contributed by atoms with Crippen molar-refractivity contribution in [3.8, 4) is 5.75 Å². The van der Waals surface area contributed by atoms with Gasteiger partial charge >= 0.3 is 0 Å². The van der Waals surface area contributed by atoms with Crippen LogP contribution in [-0.2, 0) is 0 Å². The van der Waals surface area contributed by atoms with Gasteiger partial charge in [0.2, 0.25) is 0 Å². The van der Waals surface area contributed by atoms with Gasteiger partial charge in [-0.1, -0.05) is 0 Å². The smallest absolute Gasteiger partial charge is 0.270 e. The highest BCUT2D eigenvalue weighted by Gasteiger charge is 2.22. The van der Waals surface area contributed by atoms with Crippen LogP contribution >= 0.6 is 0 Å². The Morgan fingerprint density at radius 2 is 2.28 bits per heavy atom. The van der Waals surface area contributed by atoms with Crippen molar-refractivity contribution in [1.82, 2.24) is 5.32 Å². The van der Waals surface area contributed by atoms with Crippen molar-refractivity contribution in [2.75, 3.05) is 13.1 Å². The molecule has 98 valence electrons. The molecule has 1 N–H and O–H groups in total. The lowest BCUT2D eigenvalue weighted by Crippen LogP contribution is -2.20. The zero-order valence-corrected chi connectivity index (χ0v) is 9.44. The van der Waals surface area contributed by atoms with Crippen molar-refractivity contribution in [2.24, 2.45) is 0 Å². The quantitative estimate of drug-likeness (QED) is 0.664. The zero-order valence-electron chi connectivity index (χ0n) is 9.44. The van der Waals surface area contributed by atoms with Gasteiger partial charge in [-0.3, -0.25) is 10.1 Å². The number of rotatable bonds is 4. The van der Waals surface area contributed by atoms with Gasteiger partial charge in [0.15, 0.2) is 0 Å². The Hall–Kier alpha value is -1.76. The predicted octanol–water partition coefficient (Wildman–Crippen LogP) is 2.27. The molecule has 1 unspecified atom stereocenters. The van der Waals surface area contributed by atoms with Crippen LogP contribution < -0.4 is 10.1 Å². The molecule has 0 spiro atoms. The summed E-state index contributed by atoms with van der Waals surface area (Å²) in [6.07, 6.45) is -2.22. The van der Waals surface area contributed by atoms with E-state index in [2.05, 4.69) is 5.32 Å². The Labute approximate surface area is 102 Å². The molecule has 1 aromatic carbocycles. The molecule has 0 aromatic heterocycles. The Morgan fingerprint density at radius 3 is 2.83 bits per heavy atom. The van der Waals surface area contributed by atoms with E-state index in [1.165, 1.54) is 12.1 Å². The molecule has 1 aliphatic rings. The van der Waals surface area contributed by atoms with Gasteiger partial charge in [0, 0.05) is 18.7 Å². The highest BCUT2D eigenvalue weighted by atomic mass is 19.3. The molecule has 1 aliphatic heterocycles. The minimum atomic E-state index is -2.80. The van der Waals surface area contributed by atoms with Crippen LogP contribution in [-0.4, -0.2) is 24.1 Å². The molecule has 0 radical (unpaired) electrons. The van der Waals surface area contributed by atoms with Crippen molar-refractivity contribution in [3.05, 3.63) is 33.9 Å². The number of nitro benzene ring substituents is 1. The molecule has 1 atom stereocenters. The average Bonchev–Trinajstić information content (AvgIpc) is 2.81. The maximum absolute atomic E-state index is 12.8. The van der Waals surface area contributed by atoms with Gasteiger partial charge in [-0.25, -0.2) is 8.78 Å². The third-order valence-corrected chi connectivity index (χ3v) is 2.75. The van der Waals surface area contributed by atoms with Gasteiger partial charge in [-0.15, -0.1) is 0 Å². The number of hydrogen-bond acceptors (Lipinski definition) is 4. The fourth-order valence-electron chi connectivity index (χ4n) is 1.84. The number of non-ortho nitro benzene ring substituents is 1. The second kappa shape index (κ2) is 5.26. The molecule has 1 fully saturated rings. The van der Waals surface area contributed by atoms with Gasteiger partial charge in [0.05, 0.1) is 10.5 Å². The summed E-state index contributed by atoms with van der Waals surface area (Å²) in [5.74, 6) is 0.0179. The van der Waals surface area contributed by atoms with E-state index >= 15 is 0 Å². The molecule has 7 heteroatoms. The molecule has 18 heavy (non-hydrogen) atoms. The number of alkyl halides is 2. The number of nitrogens with one attached hydrogen (secondary N) is 1. The second-order valence-electron chi connectivity index (χ2n) is 4.01. The van der Waals surface area contributed by atoms with Gasteiger partial charge in [0.1, 0.15) is 11.9 Å². The standard InChI is InChI=1S/C11H12F2N2O3/c12-11(13)9-5-7(15(16)17)1-2-10(9)18-8-3-4-14-6-8/h1-2,5,8,11,14H,3-4,6H2. The first-order valence-electron chi connectivity index (χ1n) is 5.52. The number of nitrogens with zero attached hydrogens (tertiary/aromatic N) is 1. The summed E-state index contributed by atoms with van der Waals surface area (Å²) in [4.78, 5) is 9.84. The molecular weight excluding hydrogens is 246 g/mol. The van der Waals surface area contributed by atoms with Gasteiger partial charge in [0.25, 0.3) is 12.1 Å². The Morgan fingerprint density at radius 1 is 1.50 bits per heavy atom. The molecule has 1 heterocycles. The van der Waals surface area contributed by atoms with E-state index in [1.54, 1.807) is 0 Å². The van der Waals surface area contributed by atoms with E-state index in [0.717, 1.165) is 19.0 Å². The Bertz CT molecular complexity index is 448. The molecule has 0 aliphatic carbocycles. The number of ether oxygens (including phenoxy) is 1. The first kappa shape index (κ1) is 12.7. The van der Waals surface area contributed by atoms with Crippen LogP contribution in [0.2, 0.25) is 0 Å². The molecule has 0 saturated carbocycles. The van der Waals surface area contributed by atoms with E-state index in [4.69, 9.17) is 4.74 Å². The summed E-state index contributed by atoms with van der Waals surface area (Å²) < 4.78 is 31.1. The summed E-state index contributed by atoms with van der Waals surface area (Å²) in [7, 11) is 0. The van der Waals surface area contributed by atoms with Crippen LogP contribution in [0.4, 0.5) is 14.5 Å². The molecule has 2 rings (SSSR count). The van der Waals surface area contributed by atoms with Crippen molar-refractivity contribution < 1.29 is 18.4 Å². The summed E-state index contributed by atoms with van der Waals surface area (Å²) in [5.41, 5.74) is -0.793. The van der Waals surface area contributed by atoms with E-state index in [-0.39, 0.29) is 17.5 Å². The van der Waals surface area contributed by atoms with Crippen molar-refractivity contribution in [2.45, 2.75) is 19.0 Å². The summed E-state index contributed by atoms with van der Waals surface area (Å²) in [6.45, 7) is 1.38. The van der Waals surface area contributed by atoms with Crippen molar-refractivity contribution >= 4 is 5.69 Å². The topological polar surface area (TPSA) is 64.4 Å². The SMILES string of the molecule is O=[N+]([O-])c1ccc(OC2CCNC2)c(C(F)F)c1. The minimum absolute atomic E-state index is 0.0179. The van der Waals surface area contributed by atoms with Gasteiger partial charge in [-0.2, -0.15) is 0 Å². The average molecular weight is 258 g/mol. The number of halogens is 2. The third-order valence-electron chi connectivity index (χ3n) is 2.75. The lowest BCUT2D eigenvalue weighted by atomic mass is 10.2. The second-order valence-corrected chi connectivity index (χ2v) is 4.01. The van der Waals surface area contributed by atoms with Crippen molar-refractivity contribution in [3.63, 3.8) is 0 Å².